The summed E-state index contributed by atoms with van der Waals surface area (Å²) in [6.45, 7) is 4.90. The molecule has 4 rings (SSSR count). The Morgan fingerprint density at radius 1 is 1.28 bits per heavy atom. The summed E-state index contributed by atoms with van der Waals surface area (Å²) < 4.78 is 16.7. The maximum Gasteiger partial charge on any atom is 0.226 e. The molecular weight excluding hydrogens is 320 g/mol. The molecule has 3 saturated heterocycles. The Labute approximate surface area is 149 Å². The molecule has 0 radical (unpaired) electrons. The number of nitrogens with zero attached hydrogens (tertiary/aromatic N) is 2. The van der Waals surface area contributed by atoms with E-state index >= 15 is 0 Å². The fourth-order valence-electron chi connectivity index (χ4n) is 4.73. The van der Waals surface area contributed by atoms with Gasteiger partial charge in [-0.1, -0.05) is 0 Å². The minimum Gasteiger partial charge on any atom is -0.468 e. The van der Waals surface area contributed by atoms with Gasteiger partial charge in [0.25, 0.3) is 0 Å². The highest BCUT2D eigenvalue weighted by molar-refractivity contribution is 5.79. The van der Waals surface area contributed by atoms with Crippen molar-refractivity contribution in [1.29, 1.82) is 0 Å². The van der Waals surface area contributed by atoms with E-state index in [4.69, 9.17) is 13.9 Å². The molecule has 0 saturated carbocycles. The molecule has 1 aromatic rings. The summed E-state index contributed by atoms with van der Waals surface area (Å²) in [5.41, 5.74) is 0. The van der Waals surface area contributed by atoms with Gasteiger partial charge in [0.2, 0.25) is 5.91 Å². The fraction of sp³-hybridized carbons (Fsp3) is 0.737. The maximum atomic E-state index is 13.1. The number of rotatable bonds is 4. The number of hydrogen-bond donors (Lipinski definition) is 0. The molecule has 0 aliphatic carbocycles. The molecule has 3 atom stereocenters. The van der Waals surface area contributed by atoms with E-state index in [0.29, 0.717) is 25.0 Å². The molecule has 0 aromatic carbocycles. The number of ether oxygens (including phenoxy) is 2. The molecular formula is C19H28N2O4. The molecule has 4 heterocycles. The zero-order valence-corrected chi connectivity index (χ0v) is 14.9. The van der Waals surface area contributed by atoms with Crippen molar-refractivity contribution >= 4 is 5.91 Å². The lowest BCUT2D eigenvalue weighted by atomic mass is 9.87. The second-order valence-electron chi connectivity index (χ2n) is 7.49. The Morgan fingerprint density at radius 2 is 2.12 bits per heavy atom. The number of hydrogen-bond acceptors (Lipinski definition) is 5. The van der Waals surface area contributed by atoms with E-state index in [9.17, 15) is 4.79 Å². The molecule has 0 spiro atoms. The van der Waals surface area contributed by atoms with E-state index in [-0.39, 0.29) is 18.1 Å². The van der Waals surface area contributed by atoms with Crippen LogP contribution in [0.5, 0.6) is 0 Å². The number of methoxy groups -OCH3 is 1. The lowest BCUT2D eigenvalue weighted by Gasteiger charge is -2.42. The Bertz CT molecular complexity index is 570. The van der Waals surface area contributed by atoms with Crippen LogP contribution in [-0.2, 0) is 20.8 Å². The first kappa shape index (κ1) is 17.1. The minimum absolute atomic E-state index is 0.132. The van der Waals surface area contributed by atoms with Gasteiger partial charge < -0.3 is 18.8 Å². The fourth-order valence-corrected chi connectivity index (χ4v) is 4.73. The SMILES string of the molecule is CO[C@@H]1CCN(C(=O)C2CCOCC2)[C@H]2CN(Cc3ccco3)C[C@@H]12. The Balaban J connectivity index is 1.47. The number of amides is 1. The second-order valence-corrected chi connectivity index (χ2v) is 7.49. The normalized spacial score (nSPS) is 31.2. The number of piperidine rings is 1. The van der Waals surface area contributed by atoms with Crippen LogP contribution in [0.1, 0.15) is 25.0 Å². The van der Waals surface area contributed by atoms with Gasteiger partial charge in [-0.2, -0.15) is 0 Å². The largest absolute Gasteiger partial charge is 0.468 e. The summed E-state index contributed by atoms with van der Waals surface area (Å²) in [6.07, 6.45) is 4.61. The van der Waals surface area contributed by atoms with Crippen molar-refractivity contribution in [1.82, 2.24) is 9.80 Å². The topological polar surface area (TPSA) is 55.1 Å². The molecule has 3 aliphatic rings. The first-order valence-corrected chi connectivity index (χ1v) is 9.42. The predicted octanol–water partition coefficient (Wildman–Crippen LogP) is 1.75. The highest BCUT2D eigenvalue weighted by Gasteiger charge is 2.47. The van der Waals surface area contributed by atoms with E-state index < -0.39 is 0 Å². The lowest BCUT2D eigenvalue weighted by Crippen LogP contribution is -2.55. The zero-order valence-electron chi connectivity index (χ0n) is 14.9. The van der Waals surface area contributed by atoms with Crippen LogP contribution in [0.3, 0.4) is 0 Å². The van der Waals surface area contributed by atoms with Crippen LogP contribution in [0.4, 0.5) is 0 Å². The highest BCUT2D eigenvalue weighted by atomic mass is 16.5. The third kappa shape index (κ3) is 3.48. The quantitative estimate of drug-likeness (QED) is 0.830. The van der Waals surface area contributed by atoms with E-state index in [1.165, 1.54) is 0 Å². The molecule has 3 aliphatic heterocycles. The van der Waals surface area contributed by atoms with Crippen LogP contribution in [0, 0.1) is 11.8 Å². The van der Waals surface area contributed by atoms with Crippen molar-refractivity contribution in [3.05, 3.63) is 24.2 Å². The predicted molar refractivity (Wildman–Crippen MR) is 91.9 cm³/mol. The van der Waals surface area contributed by atoms with Crippen molar-refractivity contribution in [2.24, 2.45) is 11.8 Å². The van der Waals surface area contributed by atoms with Gasteiger partial charge in [0.1, 0.15) is 5.76 Å². The molecule has 3 fully saturated rings. The van der Waals surface area contributed by atoms with E-state index in [1.54, 1.807) is 13.4 Å². The number of likely N-dealkylation sites (tertiary alicyclic amines) is 2. The van der Waals surface area contributed by atoms with Crippen LogP contribution in [0.15, 0.2) is 22.8 Å². The highest BCUT2D eigenvalue weighted by Crippen LogP contribution is 2.35. The van der Waals surface area contributed by atoms with E-state index in [1.807, 2.05) is 12.1 Å². The monoisotopic (exact) mass is 348 g/mol. The molecule has 138 valence electrons. The Kier molecular flexibility index (Phi) is 5.10. The van der Waals surface area contributed by atoms with E-state index in [0.717, 1.165) is 51.2 Å². The minimum atomic E-state index is 0.132. The summed E-state index contributed by atoms with van der Waals surface area (Å²) in [4.78, 5) is 17.7. The van der Waals surface area contributed by atoms with Gasteiger partial charge >= 0.3 is 0 Å². The smallest absolute Gasteiger partial charge is 0.226 e. The number of furan rings is 1. The second kappa shape index (κ2) is 7.48. The van der Waals surface area contributed by atoms with Gasteiger partial charge in [-0.05, 0) is 31.4 Å². The van der Waals surface area contributed by atoms with Gasteiger partial charge in [0, 0.05) is 51.8 Å². The average Bonchev–Trinajstić information content (AvgIpc) is 3.31. The van der Waals surface area contributed by atoms with Crippen molar-refractivity contribution in [3.8, 4) is 0 Å². The zero-order chi connectivity index (χ0) is 17.2. The maximum absolute atomic E-state index is 13.1. The summed E-state index contributed by atoms with van der Waals surface area (Å²) >= 11 is 0. The van der Waals surface area contributed by atoms with Gasteiger partial charge in [-0.15, -0.1) is 0 Å². The van der Waals surface area contributed by atoms with Crippen LogP contribution >= 0.6 is 0 Å². The molecule has 0 N–H and O–H groups in total. The molecule has 6 nitrogen and oxygen atoms in total. The number of fused-ring (bicyclic) bond motifs is 1. The Hall–Kier alpha value is -1.37. The van der Waals surface area contributed by atoms with Gasteiger partial charge in [0.05, 0.1) is 25.0 Å². The van der Waals surface area contributed by atoms with Gasteiger partial charge in [0.15, 0.2) is 0 Å². The first-order chi connectivity index (χ1) is 12.3. The molecule has 1 aromatic heterocycles. The van der Waals surface area contributed by atoms with Crippen molar-refractivity contribution in [3.63, 3.8) is 0 Å². The molecule has 25 heavy (non-hydrogen) atoms. The van der Waals surface area contributed by atoms with E-state index in [2.05, 4.69) is 9.80 Å². The molecule has 0 bridgehead atoms. The number of carbonyl (C=O) groups excluding carboxylic acids is 1. The number of carbonyl (C=O) groups is 1. The average molecular weight is 348 g/mol. The van der Waals surface area contributed by atoms with Crippen molar-refractivity contribution in [2.75, 3.05) is 40.0 Å². The summed E-state index contributed by atoms with van der Waals surface area (Å²) in [6, 6.07) is 4.20. The standard InChI is InChI=1S/C19H28N2O4/c1-23-18-4-7-21(19(22)14-5-9-24-10-6-14)17-13-20(12-16(17)18)11-15-3-2-8-25-15/h2-3,8,14,16-18H,4-7,9-13H2,1H3/t16-,17+,18-/m1/s1. The molecule has 0 unspecified atom stereocenters. The van der Waals surface area contributed by atoms with Crippen LogP contribution in [-0.4, -0.2) is 67.8 Å². The van der Waals surface area contributed by atoms with Gasteiger partial charge in [-0.25, -0.2) is 0 Å². The lowest BCUT2D eigenvalue weighted by molar-refractivity contribution is -0.146. The summed E-state index contributed by atoms with van der Waals surface area (Å²) in [7, 11) is 1.80. The molecule has 6 heteroatoms. The van der Waals surface area contributed by atoms with Crippen LogP contribution in [0.25, 0.3) is 0 Å². The first-order valence-electron chi connectivity index (χ1n) is 9.42. The summed E-state index contributed by atoms with van der Waals surface area (Å²) in [5, 5.41) is 0. The third-order valence-electron chi connectivity index (χ3n) is 6.06. The van der Waals surface area contributed by atoms with Crippen LogP contribution < -0.4 is 0 Å². The molecule has 1 amide bonds. The van der Waals surface area contributed by atoms with Crippen LogP contribution in [0.2, 0.25) is 0 Å². The summed E-state index contributed by atoms with van der Waals surface area (Å²) in [5.74, 6) is 1.83. The van der Waals surface area contributed by atoms with Gasteiger partial charge in [-0.3, -0.25) is 9.69 Å². The Morgan fingerprint density at radius 3 is 2.84 bits per heavy atom. The van der Waals surface area contributed by atoms with Crippen molar-refractivity contribution < 1.29 is 18.7 Å². The van der Waals surface area contributed by atoms with Crippen molar-refractivity contribution in [2.45, 2.75) is 38.0 Å². The third-order valence-corrected chi connectivity index (χ3v) is 6.06.